The summed E-state index contributed by atoms with van der Waals surface area (Å²) in [5, 5.41) is 17.6. The fourth-order valence-corrected chi connectivity index (χ4v) is 1.66. The molecule has 0 saturated heterocycles. The van der Waals surface area contributed by atoms with Gasteiger partial charge in [-0.05, 0) is 23.3 Å². The van der Waals surface area contributed by atoms with E-state index in [-0.39, 0.29) is 47.7 Å². The van der Waals surface area contributed by atoms with E-state index >= 15 is 0 Å². The number of aliphatic hydroxyl groups is 2. The van der Waals surface area contributed by atoms with Crippen LogP contribution in [0.15, 0.2) is 23.1 Å². The van der Waals surface area contributed by atoms with Gasteiger partial charge in [0, 0.05) is 29.6 Å². The number of rotatable bonds is 3. The molecule has 1 aromatic rings. The van der Waals surface area contributed by atoms with E-state index in [0.29, 0.717) is 11.1 Å². The summed E-state index contributed by atoms with van der Waals surface area (Å²) in [6, 6.07) is 3.75. The molecule has 15 heavy (non-hydrogen) atoms. The Kier molecular flexibility index (Phi) is 5.97. The van der Waals surface area contributed by atoms with E-state index < -0.39 is 10.1 Å². The Bertz CT molecular complexity index is 406. The van der Waals surface area contributed by atoms with E-state index in [1.165, 1.54) is 6.07 Å². The topological polar surface area (TPSA) is 94.8 Å². The Labute approximate surface area is 110 Å². The van der Waals surface area contributed by atoms with E-state index in [4.69, 9.17) is 14.8 Å². The average molecular weight is 241 g/mol. The predicted octanol–water partition coefficient (Wildman–Crippen LogP) is -0.463. The molecule has 0 heterocycles. The summed E-state index contributed by atoms with van der Waals surface area (Å²) in [5.74, 6) is 0. The molecule has 0 fully saturated rings. The third kappa shape index (κ3) is 4.20. The summed E-state index contributed by atoms with van der Waals surface area (Å²) in [6.07, 6.45) is 0. The smallest absolute Gasteiger partial charge is 0.294 e. The van der Waals surface area contributed by atoms with Crippen molar-refractivity contribution in [3.05, 3.63) is 29.3 Å². The van der Waals surface area contributed by atoms with Crippen molar-refractivity contribution >= 4 is 39.7 Å². The molecule has 0 spiro atoms. The molecule has 0 aliphatic carbocycles. The Morgan fingerprint density at radius 3 is 1.67 bits per heavy atom. The third-order valence-corrected chi connectivity index (χ3v) is 2.52. The molecular weight excluding hydrogens is 231 g/mol. The largest absolute Gasteiger partial charge is 0.392 e. The fraction of sp³-hybridized carbons (Fsp3) is 0.250. The van der Waals surface area contributed by atoms with Gasteiger partial charge in [-0.15, -0.1) is 0 Å². The van der Waals surface area contributed by atoms with Crippen molar-refractivity contribution in [2.45, 2.75) is 18.1 Å². The van der Waals surface area contributed by atoms with Crippen molar-refractivity contribution in [3.8, 4) is 0 Å². The minimum atomic E-state index is -4.29. The van der Waals surface area contributed by atoms with Crippen LogP contribution in [0.4, 0.5) is 0 Å². The van der Waals surface area contributed by atoms with E-state index in [1.807, 2.05) is 0 Å². The molecule has 1 rings (SSSR count). The van der Waals surface area contributed by atoms with Crippen LogP contribution < -0.4 is 0 Å². The summed E-state index contributed by atoms with van der Waals surface area (Å²) >= 11 is 0. The van der Waals surface area contributed by atoms with Gasteiger partial charge in [0.15, 0.2) is 0 Å². The molecule has 1 radical (unpaired) electrons. The van der Waals surface area contributed by atoms with E-state index in [0.717, 1.165) is 12.1 Å². The minimum absolute atomic E-state index is 0. The first kappa shape index (κ1) is 15.0. The first-order valence-electron chi connectivity index (χ1n) is 3.79. The average Bonchev–Trinajstić information content (AvgIpc) is 2.15. The van der Waals surface area contributed by atoms with E-state index in [1.54, 1.807) is 0 Å². The van der Waals surface area contributed by atoms with Crippen LogP contribution in [-0.4, -0.2) is 52.7 Å². The number of benzene rings is 1. The zero-order valence-electron chi connectivity index (χ0n) is 8.21. The summed E-state index contributed by atoms with van der Waals surface area (Å²) < 4.78 is 30.3. The zero-order valence-corrected chi connectivity index (χ0v) is 11.0. The molecule has 0 saturated carbocycles. The van der Waals surface area contributed by atoms with Crippen LogP contribution in [0.3, 0.4) is 0 Å². The second kappa shape index (κ2) is 5.95. The second-order valence-electron chi connectivity index (χ2n) is 2.78. The van der Waals surface area contributed by atoms with Gasteiger partial charge in [-0.3, -0.25) is 4.55 Å². The van der Waals surface area contributed by atoms with Crippen molar-refractivity contribution in [1.82, 2.24) is 0 Å². The Balaban J connectivity index is 0.00000196. The normalized spacial score (nSPS) is 10.9. The van der Waals surface area contributed by atoms with Gasteiger partial charge in [-0.25, -0.2) is 0 Å². The van der Waals surface area contributed by atoms with Crippen LogP contribution in [0.25, 0.3) is 0 Å². The third-order valence-electron chi connectivity index (χ3n) is 1.69. The Morgan fingerprint density at radius 2 is 1.40 bits per heavy atom. The molecular formula is C8H10NaO5S. The summed E-state index contributed by atoms with van der Waals surface area (Å²) in [5.41, 5.74) is 0.647. The molecule has 0 atom stereocenters. The zero-order chi connectivity index (χ0) is 10.8. The van der Waals surface area contributed by atoms with Gasteiger partial charge in [0.1, 0.15) is 0 Å². The van der Waals surface area contributed by atoms with Gasteiger partial charge in [0.05, 0.1) is 18.1 Å². The Morgan fingerprint density at radius 1 is 1.00 bits per heavy atom. The number of aliphatic hydroxyl groups excluding tert-OH is 2. The number of hydrogen-bond donors (Lipinski definition) is 3. The fourth-order valence-electron chi connectivity index (χ4n) is 1.06. The predicted molar refractivity (Wildman–Crippen MR) is 53.9 cm³/mol. The maximum Gasteiger partial charge on any atom is 0.294 e. The van der Waals surface area contributed by atoms with Crippen LogP contribution in [-0.2, 0) is 23.3 Å². The van der Waals surface area contributed by atoms with Crippen molar-refractivity contribution in [2.24, 2.45) is 0 Å². The molecule has 0 aromatic heterocycles. The van der Waals surface area contributed by atoms with Gasteiger partial charge in [0.2, 0.25) is 0 Å². The first-order chi connectivity index (χ1) is 6.47. The monoisotopic (exact) mass is 241 g/mol. The van der Waals surface area contributed by atoms with E-state index in [9.17, 15) is 8.42 Å². The van der Waals surface area contributed by atoms with Gasteiger partial charge >= 0.3 is 0 Å². The summed E-state index contributed by atoms with van der Waals surface area (Å²) in [7, 11) is -4.29. The molecule has 0 amide bonds. The van der Waals surface area contributed by atoms with Crippen LogP contribution in [0.1, 0.15) is 11.1 Å². The van der Waals surface area contributed by atoms with Crippen molar-refractivity contribution in [3.63, 3.8) is 0 Å². The van der Waals surface area contributed by atoms with Crippen LogP contribution in [0.2, 0.25) is 0 Å². The molecule has 5 nitrogen and oxygen atoms in total. The Hall–Kier alpha value is 0.0500. The molecule has 0 bridgehead atoms. The van der Waals surface area contributed by atoms with Crippen molar-refractivity contribution < 1.29 is 23.2 Å². The molecule has 0 aliphatic rings. The van der Waals surface area contributed by atoms with Crippen LogP contribution in [0, 0.1) is 0 Å². The van der Waals surface area contributed by atoms with Crippen molar-refractivity contribution in [1.29, 1.82) is 0 Å². The molecule has 0 aliphatic heterocycles. The van der Waals surface area contributed by atoms with Gasteiger partial charge < -0.3 is 10.2 Å². The van der Waals surface area contributed by atoms with Crippen LogP contribution >= 0.6 is 0 Å². The molecule has 3 N–H and O–H groups in total. The maximum atomic E-state index is 10.8. The molecule has 0 unspecified atom stereocenters. The van der Waals surface area contributed by atoms with Gasteiger partial charge in [0.25, 0.3) is 10.1 Å². The van der Waals surface area contributed by atoms with Crippen molar-refractivity contribution in [2.75, 3.05) is 0 Å². The maximum absolute atomic E-state index is 10.8. The quantitative estimate of drug-likeness (QED) is 0.491. The van der Waals surface area contributed by atoms with Gasteiger partial charge in [-0.2, -0.15) is 8.42 Å². The van der Waals surface area contributed by atoms with E-state index in [2.05, 4.69) is 0 Å². The number of hydrogen-bond acceptors (Lipinski definition) is 4. The molecule has 7 heteroatoms. The molecule has 79 valence electrons. The first-order valence-corrected chi connectivity index (χ1v) is 5.23. The molecule has 1 aromatic carbocycles. The summed E-state index contributed by atoms with van der Waals surface area (Å²) in [6.45, 7) is -0.702. The summed E-state index contributed by atoms with van der Waals surface area (Å²) in [4.78, 5) is -0.326. The second-order valence-corrected chi connectivity index (χ2v) is 4.20. The minimum Gasteiger partial charge on any atom is -0.392 e. The standard InChI is InChI=1S/C8H10O5S.Na/c9-4-6-1-7(5-10)3-8(2-6)14(11,12)13;/h1-3,9-10H,4-5H2,(H,11,12,13);. The van der Waals surface area contributed by atoms with Gasteiger partial charge in [-0.1, -0.05) is 6.07 Å². The SMILES string of the molecule is O=S(=O)(O)c1cc(CO)cc(CO)c1.[Na]. The van der Waals surface area contributed by atoms with Crippen LogP contribution in [0.5, 0.6) is 0 Å².